The average molecular weight is 319 g/mol. The Balaban J connectivity index is 1.83. The molecule has 0 radical (unpaired) electrons. The normalized spacial score (nSPS) is 18.1. The Hall–Kier alpha value is -1.09. The number of benzene rings is 1. The molecular formula is C19H30N2S. The number of hydrogen-bond acceptors (Lipinski definition) is 1. The van der Waals surface area contributed by atoms with Gasteiger partial charge in [0.2, 0.25) is 0 Å². The van der Waals surface area contributed by atoms with Gasteiger partial charge in [0.1, 0.15) is 0 Å². The van der Waals surface area contributed by atoms with Crippen LogP contribution in [0.25, 0.3) is 0 Å². The summed E-state index contributed by atoms with van der Waals surface area (Å²) < 4.78 is 0. The molecule has 0 bridgehead atoms. The summed E-state index contributed by atoms with van der Waals surface area (Å²) in [7, 11) is 0. The Morgan fingerprint density at radius 2 is 1.68 bits per heavy atom. The molecule has 2 rings (SSSR count). The Bertz CT molecular complexity index is 447. The summed E-state index contributed by atoms with van der Waals surface area (Å²) in [5.74, 6) is 0.619. The predicted molar refractivity (Wildman–Crippen MR) is 101 cm³/mol. The number of rotatable bonds is 4. The zero-order chi connectivity index (χ0) is 15.8. The van der Waals surface area contributed by atoms with Crippen molar-refractivity contribution in [2.24, 2.45) is 0 Å². The lowest BCUT2D eigenvalue weighted by Gasteiger charge is -2.23. The van der Waals surface area contributed by atoms with Crippen molar-refractivity contribution in [3.63, 3.8) is 0 Å². The van der Waals surface area contributed by atoms with E-state index in [0.29, 0.717) is 12.0 Å². The Kier molecular flexibility index (Phi) is 7.17. The van der Waals surface area contributed by atoms with Gasteiger partial charge in [-0.25, -0.2) is 0 Å². The third-order valence-corrected chi connectivity index (χ3v) is 5.01. The summed E-state index contributed by atoms with van der Waals surface area (Å²) in [6, 6.07) is 9.21. The van der Waals surface area contributed by atoms with Gasteiger partial charge >= 0.3 is 0 Å². The van der Waals surface area contributed by atoms with Gasteiger partial charge in [-0.15, -0.1) is 0 Å². The highest BCUT2D eigenvalue weighted by molar-refractivity contribution is 7.80. The van der Waals surface area contributed by atoms with E-state index in [9.17, 15) is 0 Å². The average Bonchev–Trinajstić information content (AvgIpc) is 2.50. The fourth-order valence-electron chi connectivity index (χ4n) is 3.08. The minimum Gasteiger partial charge on any atom is -0.360 e. The minimum atomic E-state index is 0.541. The summed E-state index contributed by atoms with van der Waals surface area (Å²) in [5, 5.41) is 7.60. The SMILES string of the molecule is CCC(C)c1ccc(NC(=S)NC2CCCCCCC2)cc1. The van der Waals surface area contributed by atoms with Crippen molar-refractivity contribution in [2.45, 2.75) is 77.2 Å². The van der Waals surface area contributed by atoms with Crippen molar-refractivity contribution < 1.29 is 0 Å². The van der Waals surface area contributed by atoms with E-state index in [0.717, 1.165) is 10.8 Å². The topological polar surface area (TPSA) is 24.1 Å². The van der Waals surface area contributed by atoms with Gasteiger partial charge < -0.3 is 10.6 Å². The van der Waals surface area contributed by atoms with Gasteiger partial charge in [-0.2, -0.15) is 0 Å². The lowest BCUT2D eigenvalue weighted by atomic mass is 9.97. The van der Waals surface area contributed by atoms with Crippen molar-refractivity contribution >= 4 is 23.0 Å². The van der Waals surface area contributed by atoms with Crippen LogP contribution >= 0.6 is 12.2 Å². The van der Waals surface area contributed by atoms with Crippen LogP contribution in [0.2, 0.25) is 0 Å². The molecule has 0 aromatic heterocycles. The van der Waals surface area contributed by atoms with E-state index in [4.69, 9.17) is 12.2 Å². The molecule has 0 aliphatic heterocycles. The van der Waals surface area contributed by atoms with Gasteiger partial charge in [0.25, 0.3) is 0 Å². The lowest BCUT2D eigenvalue weighted by Crippen LogP contribution is -2.38. The van der Waals surface area contributed by atoms with Gasteiger partial charge in [0, 0.05) is 11.7 Å². The summed E-state index contributed by atoms with van der Waals surface area (Å²) in [6.45, 7) is 4.49. The second kappa shape index (κ2) is 9.14. The number of nitrogens with one attached hydrogen (secondary N) is 2. The van der Waals surface area contributed by atoms with E-state index in [-0.39, 0.29) is 0 Å². The van der Waals surface area contributed by atoms with E-state index >= 15 is 0 Å². The van der Waals surface area contributed by atoms with E-state index in [1.807, 2.05) is 0 Å². The molecule has 122 valence electrons. The van der Waals surface area contributed by atoms with Crippen molar-refractivity contribution in [3.05, 3.63) is 29.8 Å². The molecule has 1 unspecified atom stereocenters. The van der Waals surface area contributed by atoms with E-state index in [1.54, 1.807) is 0 Å². The Morgan fingerprint density at radius 1 is 1.09 bits per heavy atom. The van der Waals surface area contributed by atoms with Crippen LogP contribution in [0.4, 0.5) is 5.69 Å². The van der Waals surface area contributed by atoms with Crippen molar-refractivity contribution in [2.75, 3.05) is 5.32 Å². The molecule has 22 heavy (non-hydrogen) atoms. The molecule has 1 aliphatic carbocycles. The zero-order valence-corrected chi connectivity index (χ0v) is 14.8. The first kappa shape index (κ1) is 17.3. The highest BCUT2D eigenvalue weighted by Gasteiger charge is 2.12. The second-order valence-electron chi connectivity index (χ2n) is 6.57. The summed E-state index contributed by atoms with van der Waals surface area (Å²) >= 11 is 5.48. The van der Waals surface area contributed by atoms with Gasteiger partial charge in [0.15, 0.2) is 5.11 Å². The van der Waals surface area contributed by atoms with Crippen LogP contribution in [0, 0.1) is 0 Å². The monoisotopic (exact) mass is 318 g/mol. The lowest BCUT2D eigenvalue weighted by molar-refractivity contribution is 0.430. The van der Waals surface area contributed by atoms with Crippen LogP contribution in [0.3, 0.4) is 0 Å². The molecule has 2 nitrogen and oxygen atoms in total. The Morgan fingerprint density at radius 3 is 2.27 bits per heavy atom. The van der Waals surface area contributed by atoms with Gasteiger partial charge in [0.05, 0.1) is 0 Å². The summed E-state index contributed by atoms with van der Waals surface area (Å²) in [4.78, 5) is 0. The number of anilines is 1. The van der Waals surface area contributed by atoms with Crippen molar-refractivity contribution in [1.29, 1.82) is 0 Å². The van der Waals surface area contributed by atoms with Gasteiger partial charge in [-0.05, 0) is 55.1 Å². The largest absolute Gasteiger partial charge is 0.360 e. The first-order chi connectivity index (χ1) is 10.7. The van der Waals surface area contributed by atoms with E-state index < -0.39 is 0 Å². The zero-order valence-electron chi connectivity index (χ0n) is 14.0. The van der Waals surface area contributed by atoms with Crippen LogP contribution < -0.4 is 10.6 Å². The summed E-state index contributed by atoms with van der Waals surface area (Å²) in [6.07, 6.45) is 10.5. The number of thiocarbonyl (C=S) groups is 1. The van der Waals surface area contributed by atoms with Gasteiger partial charge in [-0.1, -0.05) is 58.1 Å². The predicted octanol–water partition coefficient (Wildman–Crippen LogP) is 5.60. The standard InChI is InChI=1S/C19H30N2S/c1-3-15(2)16-11-13-18(14-12-16)21-19(22)20-17-9-7-5-4-6-8-10-17/h11-15,17H,3-10H2,1-2H3,(H2,20,21,22). The molecule has 0 spiro atoms. The van der Waals surface area contributed by atoms with Crippen LogP contribution in [-0.4, -0.2) is 11.2 Å². The molecule has 1 aromatic rings. The molecule has 0 heterocycles. The van der Waals surface area contributed by atoms with Crippen LogP contribution in [0.5, 0.6) is 0 Å². The fourth-order valence-corrected chi connectivity index (χ4v) is 3.37. The summed E-state index contributed by atoms with van der Waals surface area (Å²) in [5.41, 5.74) is 2.47. The van der Waals surface area contributed by atoms with E-state index in [2.05, 4.69) is 48.7 Å². The smallest absolute Gasteiger partial charge is 0.170 e. The minimum absolute atomic E-state index is 0.541. The maximum absolute atomic E-state index is 5.48. The third-order valence-electron chi connectivity index (χ3n) is 4.79. The molecule has 1 fully saturated rings. The number of hydrogen-bond donors (Lipinski definition) is 2. The molecule has 1 aliphatic rings. The first-order valence-corrected chi connectivity index (χ1v) is 9.27. The first-order valence-electron chi connectivity index (χ1n) is 8.86. The molecular weight excluding hydrogens is 288 g/mol. The fraction of sp³-hybridized carbons (Fsp3) is 0.632. The molecule has 1 saturated carbocycles. The molecule has 0 saturated heterocycles. The second-order valence-corrected chi connectivity index (χ2v) is 6.98. The highest BCUT2D eigenvalue weighted by Crippen LogP contribution is 2.21. The van der Waals surface area contributed by atoms with Crippen molar-refractivity contribution in [1.82, 2.24) is 5.32 Å². The highest BCUT2D eigenvalue weighted by atomic mass is 32.1. The maximum Gasteiger partial charge on any atom is 0.170 e. The van der Waals surface area contributed by atoms with Gasteiger partial charge in [-0.3, -0.25) is 0 Å². The van der Waals surface area contributed by atoms with Crippen LogP contribution in [-0.2, 0) is 0 Å². The van der Waals surface area contributed by atoms with Crippen LogP contribution in [0.1, 0.15) is 76.7 Å². The molecule has 1 aromatic carbocycles. The van der Waals surface area contributed by atoms with Crippen LogP contribution in [0.15, 0.2) is 24.3 Å². The van der Waals surface area contributed by atoms with Crippen molar-refractivity contribution in [3.8, 4) is 0 Å². The molecule has 1 atom stereocenters. The molecule has 3 heteroatoms. The van der Waals surface area contributed by atoms with E-state index in [1.165, 1.54) is 56.9 Å². The third kappa shape index (κ3) is 5.60. The Labute approximate surface area is 141 Å². The molecule has 2 N–H and O–H groups in total. The molecule has 0 amide bonds. The maximum atomic E-state index is 5.48. The quantitative estimate of drug-likeness (QED) is 0.707.